The van der Waals surface area contributed by atoms with Gasteiger partial charge in [0.25, 0.3) is 11.4 Å². The van der Waals surface area contributed by atoms with Gasteiger partial charge in [-0.15, -0.1) is 0 Å². The highest BCUT2D eigenvalue weighted by molar-refractivity contribution is 5.52. The van der Waals surface area contributed by atoms with E-state index in [1.54, 1.807) is 0 Å². The first kappa shape index (κ1) is 18.3. The van der Waals surface area contributed by atoms with E-state index < -0.39 is 27.8 Å². The largest absolute Gasteiger partial charge is 0.391 e. The average Bonchev–Trinajstić information content (AvgIpc) is 2.42. The zero-order chi connectivity index (χ0) is 14.7. The maximum atomic E-state index is 10.4. The summed E-state index contributed by atoms with van der Waals surface area (Å²) in [4.78, 5) is 19.3. The molecule has 7 nitrogen and oxygen atoms in total. The van der Waals surface area contributed by atoms with E-state index in [1.807, 2.05) is 27.7 Å². The second-order valence-electron chi connectivity index (χ2n) is 2.45. The zero-order valence-electron chi connectivity index (χ0n) is 10.9. The Bertz CT molecular complexity index is 361. The van der Waals surface area contributed by atoms with Crippen molar-refractivity contribution < 1.29 is 15.0 Å². The maximum Gasteiger partial charge on any atom is 0.281 e. The second kappa shape index (κ2) is 10.2. The number of nitro groups is 2. The molecule has 0 aliphatic carbocycles. The average molecular weight is 258 g/mol. The molecule has 0 saturated carbocycles. The van der Waals surface area contributed by atoms with Gasteiger partial charge in [-0.05, 0) is 6.07 Å². The number of aliphatic hydroxyl groups is 1. The smallest absolute Gasteiger partial charge is 0.281 e. The van der Waals surface area contributed by atoms with Crippen LogP contribution < -0.4 is 0 Å². The van der Waals surface area contributed by atoms with Gasteiger partial charge < -0.3 is 5.11 Å². The van der Waals surface area contributed by atoms with Gasteiger partial charge in [0, 0.05) is 12.1 Å². The summed E-state index contributed by atoms with van der Waals surface area (Å²) in [6, 6.07) is 3.42. The summed E-state index contributed by atoms with van der Waals surface area (Å²) in [5.41, 5.74) is -1.16. The van der Waals surface area contributed by atoms with Crippen molar-refractivity contribution in [2.45, 2.75) is 34.3 Å². The first-order valence-electron chi connectivity index (χ1n) is 5.59. The van der Waals surface area contributed by atoms with Crippen LogP contribution in [0.2, 0.25) is 0 Å². The number of hydrogen-bond donors (Lipinski definition) is 1. The fourth-order valence-electron chi connectivity index (χ4n) is 1.07. The molecule has 0 radical (unpaired) electrons. The highest BCUT2D eigenvalue weighted by atomic mass is 16.6. The van der Waals surface area contributed by atoms with Gasteiger partial charge in [0.15, 0.2) is 0 Å². The van der Waals surface area contributed by atoms with Crippen LogP contribution in [0.5, 0.6) is 0 Å². The molecule has 18 heavy (non-hydrogen) atoms. The summed E-state index contributed by atoms with van der Waals surface area (Å²) in [5, 5.41) is 29.6. The molecule has 1 aromatic rings. The van der Waals surface area contributed by atoms with Crippen molar-refractivity contribution in [2.75, 3.05) is 0 Å². The summed E-state index contributed by atoms with van der Waals surface area (Å²) < 4.78 is 0. The van der Waals surface area contributed by atoms with Crippen LogP contribution in [0, 0.1) is 20.2 Å². The number of rotatable bonds is 3. The van der Waals surface area contributed by atoms with Gasteiger partial charge in [0.2, 0.25) is 0 Å². The molecule has 1 aromatic carbocycles. The highest BCUT2D eigenvalue weighted by Gasteiger charge is 2.23. The summed E-state index contributed by atoms with van der Waals surface area (Å²) in [6.45, 7) is 7.27. The van der Waals surface area contributed by atoms with Crippen LogP contribution in [0.4, 0.5) is 11.4 Å². The van der Waals surface area contributed by atoms with Crippen LogP contribution in [0.1, 0.15) is 33.3 Å². The number of hydrogen-bond acceptors (Lipinski definition) is 5. The Balaban J connectivity index is 0. The first-order valence-corrected chi connectivity index (χ1v) is 5.59. The lowest BCUT2D eigenvalue weighted by Gasteiger charge is -1.99. The summed E-state index contributed by atoms with van der Waals surface area (Å²) in [7, 11) is 0. The van der Waals surface area contributed by atoms with E-state index >= 15 is 0 Å². The molecule has 0 spiro atoms. The van der Waals surface area contributed by atoms with Crippen molar-refractivity contribution in [3.63, 3.8) is 0 Å². The number of benzene rings is 1. The zero-order valence-corrected chi connectivity index (χ0v) is 10.9. The third kappa shape index (κ3) is 4.88. The van der Waals surface area contributed by atoms with Crippen LogP contribution in [-0.4, -0.2) is 15.0 Å². The lowest BCUT2D eigenvalue weighted by Crippen LogP contribution is -2.00. The maximum absolute atomic E-state index is 10.4. The van der Waals surface area contributed by atoms with Gasteiger partial charge in [-0.25, -0.2) is 0 Å². The number of nitrogens with zero attached hydrogens (tertiary/aromatic N) is 2. The van der Waals surface area contributed by atoms with E-state index in [0.717, 1.165) is 12.1 Å². The molecule has 0 atom stereocenters. The van der Waals surface area contributed by atoms with Crippen molar-refractivity contribution in [3.8, 4) is 0 Å². The molecule has 0 unspecified atom stereocenters. The molecule has 0 amide bonds. The molecule has 0 fully saturated rings. The van der Waals surface area contributed by atoms with Crippen LogP contribution in [0.3, 0.4) is 0 Å². The third-order valence-electron chi connectivity index (χ3n) is 1.68. The standard InChI is InChI=1S/C7H6N2O5.2C2H6/c10-4-5-6(8(11)12)2-1-3-7(5)9(13)14;2*1-2/h1-3,10H,4H2;2*1-2H3. The summed E-state index contributed by atoms with van der Waals surface area (Å²) in [6.07, 6.45) is 0. The predicted octanol–water partition coefficient (Wildman–Crippen LogP) is 3.05. The quantitative estimate of drug-likeness (QED) is 0.662. The minimum atomic E-state index is -0.765. The molecule has 102 valence electrons. The molecule has 0 aliphatic heterocycles. The normalized spacial score (nSPS) is 8.28. The molecular weight excluding hydrogens is 240 g/mol. The molecular formula is C11H18N2O5. The fourth-order valence-corrected chi connectivity index (χ4v) is 1.07. The monoisotopic (exact) mass is 258 g/mol. The molecule has 0 bridgehead atoms. The number of aliphatic hydroxyl groups excluding tert-OH is 1. The first-order chi connectivity index (χ1) is 8.57. The summed E-state index contributed by atoms with van der Waals surface area (Å²) in [5.74, 6) is 0. The second-order valence-corrected chi connectivity index (χ2v) is 2.45. The van der Waals surface area contributed by atoms with Gasteiger partial charge in [-0.2, -0.15) is 0 Å². The molecule has 1 rings (SSSR count). The number of nitro benzene ring substituents is 2. The fraction of sp³-hybridized carbons (Fsp3) is 0.455. The van der Waals surface area contributed by atoms with E-state index in [9.17, 15) is 20.2 Å². The molecule has 0 saturated heterocycles. The van der Waals surface area contributed by atoms with Crippen molar-refractivity contribution in [2.24, 2.45) is 0 Å². The Kier molecular flexibility index (Phi) is 10.4. The van der Waals surface area contributed by atoms with E-state index in [2.05, 4.69) is 0 Å². The van der Waals surface area contributed by atoms with E-state index in [-0.39, 0.29) is 5.56 Å². The van der Waals surface area contributed by atoms with Crippen molar-refractivity contribution >= 4 is 11.4 Å². The van der Waals surface area contributed by atoms with E-state index in [4.69, 9.17) is 5.11 Å². The van der Waals surface area contributed by atoms with Gasteiger partial charge in [0.1, 0.15) is 5.56 Å². The third-order valence-corrected chi connectivity index (χ3v) is 1.68. The Morgan fingerprint density at radius 3 is 1.56 bits per heavy atom. The van der Waals surface area contributed by atoms with Gasteiger partial charge in [0.05, 0.1) is 16.5 Å². The molecule has 1 N–H and O–H groups in total. The Morgan fingerprint density at radius 2 is 1.33 bits per heavy atom. The molecule has 0 aliphatic rings. The topological polar surface area (TPSA) is 107 Å². The molecule has 7 heteroatoms. The minimum absolute atomic E-state index is 0.275. The van der Waals surface area contributed by atoms with Crippen molar-refractivity contribution in [1.29, 1.82) is 0 Å². The predicted molar refractivity (Wildman–Crippen MR) is 68.4 cm³/mol. The van der Waals surface area contributed by atoms with Gasteiger partial charge in [-0.1, -0.05) is 27.7 Å². The Labute approximate surface area is 105 Å². The van der Waals surface area contributed by atoms with Gasteiger partial charge >= 0.3 is 0 Å². The van der Waals surface area contributed by atoms with Crippen molar-refractivity contribution in [3.05, 3.63) is 44.0 Å². The van der Waals surface area contributed by atoms with Crippen LogP contribution in [0.15, 0.2) is 18.2 Å². The van der Waals surface area contributed by atoms with E-state index in [1.165, 1.54) is 6.07 Å². The Hall–Kier alpha value is -2.02. The lowest BCUT2D eigenvalue weighted by atomic mass is 10.1. The van der Waals surface area contributed by atoms with Crippen LogP contribution in [0.25, 0.3) is 0 Å². The molecule has 0 heterocycles. The minimum Gasteiger partial charge on any atom is -0.391 e. The van der Waals surface area contributed by atoms with Crippen LogP contribution in [-0.2, 0) is 6.61 Å². The van der Waals surface area contributed by atoms with Gasteiger partial charge in [-0.3, -0.25) is 20.2 Å². The summed E-state index contributed by atoms with van der Waals surface area (Å²) >= 11 is 0. The van der Waals surface area contributed by atoms with Crippen molar-refractivity contribution in [1.82, 2.24) is 0 Å². The highest BCUT2D eigenvalue weighted by Crippen LogP contribution is 2.27. The molecule has 0 aromatic heterocycles. The lowest BCUT2D eigenvalue weighted by molar-refractivity contribution is -0.396. The SMILES string of the molecule is CC.CC.O=[N+]([O-])c1cccc([N+](=O)[O-])c1CO. The van der Waals surface area contributed by atoms with Crippen LogP contribution >= 0.6 is 0 Å². The Morgan fingerprint density at radius 1 is 1.00 bits per heavy atom. The van der Waals surface area contributed by atoms with E-state index in [0.29, 0.717) is 0 Å².